The van der Waals surface area contributed by atoms with Gasteiger partial charge in [-0.3, -0.25) is 14.5 Å². The highest BCUT2D eigenvalue weighted by Crippen LogP contribution is 2.43. The van der Waals surface area contributed by atoms with Crippen LogP contribution in [0.3, 0.4) is 0 Å². The van der Waals surface area contributed by atoms with Crippen molar-refractivity contribution in [2.24, 2.45) is 11.8 Å². The van der Waals surface area contributed by atoms with Gasteiger partial charge in [0.1, 0.15) is 11.8 Å². The fraction of sp³-hybridized carbons (Fsp3) is 0.889. The van der Waals surface area contributed by atoms with E-state index in [2.05, 4.69) is 12.2 Å². The van der Waals surface area contributed by atoms with Crippen molar-refractivity contribution in [1.29, 1.82) is 0 Å². The zero-order valence-corrected chi connectivity index (χ0v) is 15.2. The van der Waals surface area contributed by atoms with E-state index in [0.29, 0.717) is 18.9 Å². The van der Waals surface area contributed by atoms with Crippen LogP contribution in [0.15, 0.2) is 0 Å². The van der Waals surface area contributed by atoms with Gasteiger partial charge in [0, 0.05) is 12.5 Å². The number of ether oxygens (including phenoxy) is 1. The summed E-state index contributed by atoms with van der Waals surface area (Å²) in [4.78, 5) is 27.3. The van der Waals surface area contributed by atoms with Crippen molar-refractivity contribution >= 4 is 11.8 Å². The molecule has 5 heteroatoms. The third kappa shape index (κ3) is 4.06. The first-order valence-corrected chi connectivity index (χ1v) is 9.01. The number of hydrogen-bond donors (Lipinski definition) is 1. The van der Waals surface area contributed by atoms with Crippen LogP contribution in [-0.4, -0.2) is 41.1 Å². The Kier molecular flexibility index (Phi) is 5.71. The van der Waals surface area contributed by atoms with Crippen molar-refractivity contribution in [1.82, 2.24) is 10.2 Å². The van der Waals surface area contributed by atoms with Gasteiger partial charge in [0.25, 0.3) is 0 Å². The lowest BCUT2D eigenvalue weighted by Gasteiger charge is -2.43. The molecule has 1 saturated carbocycles. The van der Waals surface area contributed by atoms with E-state index in [4.69, 9.17) is 4.74 Å². The van der Waals surface area contributed by atoms with Gasteiger partial charge in [-0.15, -0.1) is 0 Å². The smallest absolute Gasteiger partial charge is 0.245 e. The van der Waals surface area contributed by atoms with Crippen molar-refractivity contribution in [3.63, 3.8) is 0 Å². The van der Waals surface area contributed by atoms with Crippen LogP contribution in [0.2, 0.25) is 0 Å². The highest BCUT2D eigenvalue weighted by Gasteiger charge is 2.53. The van der Waals surface area contributed by atoms with Crippen LogP contribution in [0, 0.1) is 11.8 Å². The van der Waals surface area contributed by atoms with Gasteiger partial charge in [0.15, 0.2) is 0 Å². The monoisotopic (exact) mass is 324 g/mol. The molecule has 2 aliphatic rings. The minimum Gasteiger partial charge on any atom is -0.353 e. The molecule has 0 unspecified atom stereocenters. The highest BCUT2D eigenvalue weighted by molar-refractivity contribution is 5.89. The molecule has 1 N–H and O–H groups in total. The van der Waals surface area contributed by atoms with Crippen LogP contribution >= 0.6 is 0 Å². The number of carbonyl (C=O) groups is 2. The molecular weight excluding hydrogens is 292 g/mol. The van der Waals surface area contributed by atoms with Gasteiger partial charge in [0.2, 0.25) is 11.8 Å². The maximum Gasteiger partial charge on any atom is 0.245 e. The van der Waals surface area contributed by atoms with Gasteiger partial charge in [-0.05, 0) is 44.9 Å². The van der Waals surface area contributed by atoms with E-state index in [0.717, 1.165) is 19.3 Å². The Hall–Kier alpha value is -1.10. The molecule has 2 rings (SSSR count). The number of carbonyl (C=O) groups excluding carboxylic acids is 2. The molecule has 5 nitrogen and oxygen atoms in total. The van der Waals surface area contributed by atoms with E-state index in [9.17, 15) is 9.59 Å². The fourth-order valence-electron chi connectivity index (χ4n) is 3.91. The van der Waals surface area contributed by atoms with Crippen molar-refractivity contribution < 1.29 is 14.3 Å². The topological polar surface area (TPSA) is 58.6 Å². The van der Waals surface area contributed by atoms with Crippen molar-refractivity contribution in [2.75, 3.05) is 6.61 Å². The van der Waals surface area contributed by atoms with Gasteiger partial charge in [-0.25, -0.2) is 0 Å². The minimum atomic E-state index is -0.567. The van der Waals surface area contributed by atoms with Crippen LogP contribution in [0.25, 0.3) is 0 Å². The zero-order valence-electron chi connectivity index (χ0n) is 15.2. The second-order valence-electron chi connectivity index (χ2n) is 8.00. The molecule has 3 atom stereocenters. The molecule has 0 radical (unpaired) electrons. The first-order valence-electron chi connectivity index (χ1n) is 9.01. The first-order chi connectivity index (χ1) is 10.7. The average molecular weight is 324 g/mol. The Morgan fingerprint density at radius 1 is 1.30 bits per heavy atom. The molecule has 1 saturated heterocycles. The van der Waals surface area contributed by atoms with Crippen molar-refractivity contribution in [2.45, 2.75) is 84.5 Å². The molecule has 23 heavy (non-hydrogen) atoms. The third-order valence-electron chi connectivity index (χ3n) is 4.78. The number of rotatable bonds is 4. The number of nitrogens with zero attached hydrogens (tertiary/aromatic N) is 1. The Labute approximate surface area is 140 Å². The van der Waals surface area contributed by atoms with E-state index >= 15 is 0 Å². The summed E-state index contributed by atoms with van der Waals surface area (Å²) < 4.78 is 6.13. The Morgan fingerprint density at radius 3 is 2.57 bits per heavy atom. The van der Waals surface area contributed by atoms with Crippen LogP contribution in [0.1, 0.15) is 66.7 Å². The molecule has 132 valence electrons. The van der Waals surface area contributed by atoms with Gasteiger partial charge in [-0.1, -0.05) is 27.2 Å². The summed E-state index contributed by atoms with van der Waals surface area (Å²) in [6.45, 7) is 10.5. The van der Waals surface area contributed by atoms with Crippen molar-refractivity contribution in [3.05, 3.63) is 0 Å². The summed E-state index contributed by atoms with van der Waals surface area (Å²) in [6, 6.07) is -0.430. The summed E-state index contributed by atoms with van der Waals surface area (Å²) in [6.07, 6.45) is 4.35. The summed E-state index contributed by atoms with van der Waals surface area (Å²) in [7, 11) is 0. The molecule has 2 fully saturated rings. The summed E-state index contributed by atoms with van der Waals surface area (Å²) in [5.74, 6) is 0.752. The van der Waals surface area contributed by atoms with E-state index in [1.165, 1.54) is 6.42 Å². The number of nitrogens with one attached hydrogen (secondary N) is 1. The summed E-state index contributed by atoms with van der Waals surface area (Å²) in [5, 5.41) is 2.94. The van der Waals surface area contributed by atoms with E-state index in [1.807, 2.05) is 27.7 Å². The quantitative estimate of drug-likeness (QED) is 0.865. The van der Waals surface area contributed by atoms with E-state index < -0.39 is 11.8 Å². The normalized spacial score (nSPS) is 31.2. The molecule has 0 aromatic carbocycles. The minimum absolute atomic E-state index is 0.0514. The molecule has 1 aliphatic heterocycles. The lowest BCUT2D eigenvalue weighted by molar-refractivity contribution is -0.163. The Morgan fingerprint density at radius 2 is 2.00 bits per heavy atom. The Bertz CT molecular complexity index is 450. The SMILES string of the molecule is CC(C)CC(=O)N1[C@H](C(=O)NC(C)C)CO[C@@]12CCC[C@H](C)C2. The molecule has 1 aliphatic carbocycles. The van der Waals surface area contributed by atoms with Crippen LogP contribution in [0.4, 0.5) is 0 Å². The first kappa shape index (κ1) is 18.2. The summed E-state index contributed by atoms with van der Waals surface area (Å²) in [5.41, 5.74) is -0.567. The molecule has 1 spiro atoms. The third-order valence-corrected chi connectivity index (χ3v) is 4.78. The molecule has 0 aromatic rings. The van der Waals surface area contributed by atoms with Crippen LogP contribution in [-0.2, 0) is 14.3 Å². The van der Waals surface area contributed by atoms with Gasteiger partial charge >= 0.3 is 0 Å². The lowest BCUT2D eigenvalue weighted by Crippen LogP contribution is -2.57. The number of amides is 2. The van der Waals surface area contributed by atoms with E-state index in [1.54, 1.807) is 4.90 Å². The van der Waals surface area contributed by atoms with Crippen molar-refractivity contribution in [3.8, 4) is 0 Å². The standard InChI is InChI=1S/C18H32N2O3/c1-12(2)9-16(21)20-15(17(22)19-13(3)4)11-23-18(20)8-6-7-14(5)10-18/h12-15H,6-11H2,1-5H3,(H,19,22)/t14-,15-,18+/m0/s1. The van der Waals surface area contributed by atoms with Crippen LogP contribution < -0.4 is 5.32 Å². The largest absolute Gasteiger partial charge is 0.353 e. The van der Waals surface area contributed by atoms with Crippen LogP contribution in [0.5, 0.6) is 0 Å². The van der Waals surface area contributed by atoms with E-state index in [-0.39, 0.29) is 23.8 Å². The van der Waals surface area contributed by atoms with Gasteiger partial charge < -0.3 is 10.1 Å². The second kappa shape index (κ2) is 7.20. The predicted octanol–water partition coefficient (Wildman–Crippen LogP) is 2.69. The average Bonchev–Trinajstić information content (AvgIpc) is 2.75. The lowest BCUT2D eigenvalue weighted by atomic mass is 9.83. The molecule has 0 bridgehead atoms. The highest BCUT2D eigenvalue weighted by atomic mass is 16.5. The maximum atomic E-state index is 12.9. The molecule has 2 amide bonds. The molecular formula is C18H32N2O3. The molecule has 0 aromatic heterocycles. The zero-order chi connectivity index (χ0) is 17.2. The maximum absolute atomic E-state index is 12.9. The van der Waals surface area contributed by atoms with Gasteiger partial charge in [-0.2, -0.15) is 0 Å². The summed E-state index contributed by atoms with van der Waals surface area (Å²) >= 11 is 0. The number of hydrogen-bond acceptors (Lipinski definition) is 3. The molecule has 1 heterocycles. The predicted molar refractivity (Wildman–Crippen MR) is 89.7 cm³/mol. The second-order valence-corrected chi connectivity index (χ2v) is 8.00. The van der Waals surface area contributed by atoms with Gasteiger partial charge in [0.05, 0.1) is 6.61 Å². The Balaban J connectivity index is 2.25. The fourth-order valence-corrected chi connectivity index (χ4v) is 3.91.